The quantitative estimate of drug-likeness (QED) is 0.762. The van der Waals surface area contributed by atoms with Crippen molar-refractivity contribution in [3.05, 3.63) is 35.9 Å². The number of benzene rings is 1. The first-order valence-corrected chi connectivity index (χ1v) is 11.1. The molecule has 0 saturated carbocycles. The Morgan fingerprint density at radius 1 is 1.07 bits per heavy atom. The van der Waals surface area contributed by atoms with Gasteiger partial charge in [-0.3, -0.25) is 4.90 Å². The van der Waals surface area contributed by atoms with Crippen molar-refractivity contribution in [2.45, 2.75) is 45.4 Å². The van der Waals surface area contributed by atoms with Gasteiger partial charge in [-0.25, -0.2) is 4.79 Å². The smallest absolute Gasteiger partial charge is 0.410 e. The van der Waals surface area contributed by atoms with Crippen LogP contribution in [0.4, 0.5) is 4.79 Å². The average molecular weight is 421 g/mol. The van der Waals surface area contributed by atoms with Crippen LogP contribution in [0.5, 0.6) is 0 Å². The molecule has 0 radical (unpaired) electrons. The minimum absolute atomic E-state index is 0.122. The molecule has 2 N–H and O–H groups in total. The van der Waals surface area contributed by atoms with Crippen LogP contribution in [0.1, 0.15) is 32.8 Å². The predicted octanol–water partition coefficient (Wildman–Crippen LogP) is 2.32. The summed E-state index contributed by atoms with van der Waals surface area (Å²) in [6, 6.07) is 10.6. The zero-order valence-electron chi connectivity index (χ0n) is 19.2. The highest BCUT2D eigenvalue weighted by Crippen LogP contribution is 2.19. The first-order chi connectivity index (χ1) is 14.4. The zero-order chi connectivity index (χ0) is 21.8. The topological polar surface area (TPSA) is 66.1 Å². The molecule has 2 heterocycles. The Bertz CT molecular complexity index is 591. The summed E-state index contributed by atoms with van der Waals surface area (Å²) in [6.07, 6.45) is 0.601. The predicted molar refractivity (Wildman–Crippen MR) is 121 cm³/mol. The highest BCUT2D eigenvalue weighted by molar-refractivity contribution is 5.68. The van der Waals surface area contributed by atoms with Crippen molar-refractivity contribution in [1.82, 2.24) is 20.4 Å². The molecule has 1 atom stereocenters. The number of rotatable bonds is 5. The molecular weight excluding hydrogens is 380 g/mol. The van der Waals surface area contributed by atoms with Gasteiger partial charge in [0.05, 0.1) is 0 Å². The second-order valence-electron chi connectivity index (χ2n) is 8.83. The lowest BCUT2D eigenvalue weighted by molar-refractivity contribution is -0.00740. The third-order valence-electron chi connectivity index (χ3n) is 5.06. The lowest BCUT2D eigenvalue weighted by atomic mass is 10.1. The van der Waals surface area contributed by atoms with Crippen LogP contribution in [0.15, 0.2) is 30.3 Å². The van der Waals surface area contributed by atoms with Crippen LogP contribution < -0.4 is 10.6 Å². The normalized spacial score (nSPS) is 20.3. The van der Waals surface area contributed by atoms with Gasteiger partial charge in [0.15, 0.2) is 0 Å². The minimum Gasteiger partial charge on any atom is -0.444 e. The number of carbonyl (C=O) groups is 1. The van der Waals surface area contributed by atoms with Gasteiger partial charge in [0, 0.05) is 72.1 Å². The summed E-state index contributed by atoms with van der Waals surface area (Å²) in [4.78, 5) is 16.8. The molecule has 0 spiro atoms. The maximum Gasteiger partial charge on any atom is 0.410 e. The molecule has 0 unspecified atom stereocenters. The Labute approximate surface area is 182 Å². The largest absolute Gasteiger partial charge is 0.444 e. The summed E-state index contributed by atoms with van der Waals surface area (Å²) in [5.41, 5.74) is 0.832. The highest BCUT2D eigenvalue weighted by Gasteiger charge is 2.33. The highest BCUT2D eigenvalue weighted by atomic mass is 16.6. The van der Waals surface area contributed by atoms with E-state index in [1.165, 1.54) is 5.56 Å². The van der Waals surface area contributed by atoms with E-state index in [2.05, 4.69) is 39.8 Å². The van der Waals surface area contributed by atoms with Gasteiger partial charge in [-0.1, -0.05) is 30.3 Å². The molecule has 170 valence electrons. The molecule has 2 aliphatic rings. The van der Waals surface area contributed by atoms with Crippen LogP contribution in [-0.2, 0) is 16.0 Å². The van der Waals surface area contributed by atoms with Gasteiger partial charge in [-0.2, -0.15) is 0 Å². The van der Waals surface area contributed by atoms with Crippen LogP contribution >= 0.6 is 0 Å². The van der Waals surface area contributed by atoms with Gasteiger partial charge in [-0.15, -0.1) is 0 Å². The Morgan fingerprint density at radius 3 is 2.23 bits per heavy atom. The zero-order valence-corrected chi connectivity index (χ0v) is 19.2. The first kappa shape index (κ1) is 24.6. The number of carbonyl (C=O) groups excluding carboxylic acids is 1. The number of hydrogen-bond donors (Lipinski definition) is 2. The number of nitrogens with one attached hydrogen (secondary N) is 2. The third kappa shape index (κ3) is 9.43. The Kier molecular flexibility index (Phi) is 10.6. The van der Waals surface area contributed by atoms with Crippen LogP contribution in [0.25, 0.3) is 0 Å². The summed E-state index contributed by atoms with van der Waals surface area (Å²) in [5, 5.41) is 6.44. The van der Waals surface area contributed by atoms with E-state index in [0.717, 1.165) is 52.2 Å². The van der Waals surface area contributed by atoms with E-state index >= 15 is 0 Å². The Hall–Kier alpha value is -1.67. The molecule has 2 saturated heterocycles. The molecule has 7 heteroatoms. The van der Waals surface area contributed by atoms with Gasteiger partial charge < -0.3 is 25.0 Å². The molecule has 2 aliphatic heterocycles. The van der Waals surface area contributed by atoms with Crippen molar-refractivity contribution in [2.24, 2.45) is 0 Å². The van der Waals surface area contributed by atoms with E-state index in [1.807, 2.05) is 31.7 Å². The van der Waals surface area contributed by atoms with Crippen LogP contribution in [0.3, 0.4) is 0 Å². The molecule has 30 heavy (non-hydrogen) atoms. The standard InChI is InChI=1S/C19H30N2O3.C4H10N2/c1-19(2,3)24-18(22)21-12-11-20(15-17(21)10-13-23-4)14-16-8-6-5-7-9-16;1-2-6-4-3-5-1/h5-9,17H,10-15H2,1-4H3;5-6H,1-4H2/t17-;/m0./s1. The van der Waals surface area contributed by atoms with E-state index in [9.17, 15) is 4.79 Å². The fraction of sp³-hybridized carbons (Fsp3) is 0.696. The van der Waals surface area contributed by atoms with Crippen molar-refractivity contribution >= 4 is 6.09 Å². The average Bonchev–Trinajstić information content (AvgIpc) is 2.73. The Balaban J connectivity index is 0.000000456. The molecule has 2 fully saturated rings. The number of hydrogen-bond acceptors (Lipinski definition) is 6. The van der Waals surface area contributed by atoms with Crippen molar-refractivity contribution < 1.29 is 14.3 Å². The number of piperazine rings is 2. The van der Waals surface area contributed by atoms with Crippen molar-refractivity contribution in [1.29, 1.82) is 0 Å². The summed E-state index contributed by atoms with van der Waals surface area (Å²) in [5.74, 6) is 0. The summed E-state index contributed by atoms with van der Waals surface area (Å²) in [6.45, 7) is 14.2. The molecular formula is C23H40N4O3. The van der Waals surface area contributed by atoms with E-state index in [-0.39, 0.29) is 12.1 Å². The van der Waals surface area contributed by atoms with Crippen molar-refractivity contribution in [3.63, 3.8) is 0 Å². The third-order valence-corrected chi connectivity index (χ3v) is 5.06. The van der Waals surface area contributed by atoms with E-state index in [1.54, 1.807) is 7.11 Å². The maximum atomic E-state index is 12.5. The number of nitrogens with zero attached hydrogens (tertiary/aromatic N) is 2. The van der Waals surface area contributed by atoms with Crippen LogP contribution in [0, 0.1) is 0 Å². The monoisotopic (exact) mass is 420 g/mol. The summed E-state index contributed by atoms with van der Waals surface area (Å²) in [7, 11) is 1.70. The maximum absolute atomic E-state index is 12.5. The van der Waals surface area contributed by atoms with E-state index in [4.69, 9.17) is 9.47 Å². The Morgan fingerprint density at radius 2 is 1.70 bits per heavy atom. The molecule has 0 bridgehead atoms. The van der Waals surface area contributed by atoms with Gasteiger partial charge >= 0.3 is 6.09 Å². The molecule has 1 aromatic rings. The molecule has 1 aromatic carbocycles. The number of ether oxygens (including phenoxy) is 2. The van der Waals surface area contributed by atoms with E-state index in [0.29, 0.717) is 13.2 Å². The minimum atomic E-state index is -0.468. The van der Waals surface area contributed by atoms with Crippen molar-refractivity contribution in [2.75, 3.05) is 59.5 Å². The molecule has 0 aromatic heterocycles. The van der Waals surface area contributed by atoms with E-state index < -0.39 is 5.60 Å². The number of methoxy groups -OCH3 is 1. The fourth-order valence-electron chi connectivity index (χ4n) is 3.57. The van der Waals surface area contributed by atoms with Gasteiger partial charge in [0.25, 0.3) is 0 Å². The molecule has 7 nitrogen and oxygen atoms in total. The summed E-state index contributed by atoms with van der Waals surface area (Å²) < 4.78 is 10.8. The first-order valence-electron chi connectivity index (χ1n) is 11.1. The second kappa shape index (κ2) is 12.9. The molecule has 1 amide bonds. The van der Waals surface area contributed by atoms with Crippen molar-refractivity contribution in [3.8, 4) is 0 Å². The van der Waals surface area contributed by atoms with Crippen LogP contribution in [-0.4, -0.2) is 87.1 Å². The molecule has 3 rings (SSSR count). The molecule has 0 aliphatic carbocycles. The fourth-order valence-corrected chi connectivity index (χ4v) is 3.57. The lowest BCUT2D eigenvalue weighted by Gasteiger charge is -2.41. The van der Waals surface area contributed by atoms with Crippen LogP contribution in [0.2, 0.25) is 0 Å². The van der Waals surface area contributed by atoms with Gasteiger partial charge in [0.1, 0.15) is 5.60 Å². The SMILES string of the molecule is C1CNCCN1.COCC[C@H]1CN(Cc2ccccc2)CCN1C(=O)OC(C)(C)C. The second-order valence-corrected chi connectivity index (χ2v) is 8.83. The lowest BCUT2D eigenvalue weighted by Crippen LogP contribution is -2.56. The van der Waals surface area contributed by atoms with Gasteiger partial charge in [0.2, 0.25) is 0 Å². The summed E-state index contributed by atoms with van der Waals surface area (Å²) >= 11 is 0. The van der Waals surface area contributed by atoms with Gasteiger partial charge in [-0.05, 0) is 32.8 Å². The number of amides is 1.